The van der Waals surface area contributed by atoms with Crippen molar-refractivity contribution < 1.29 is 27.2 Å². The molecule has 8 heteroatoms. The van der Waals surface area contributed by atoms with Crippen LogP contribution in [-0.2, 0) is 16.0 Å². The Hall–Kier alpha value is -2.12. The quantitative estimate of drug-likeness (QED) is 0.851. The molecule has 24 heavy (non-hydrogen) atoms. The summed E-state index contributed by atoms with van der Waals surface area (Å²) in [6, 6.07) is 5.68. The number of amides is 2. The number of rotatable bonds is 4. The van der Waals surface area contributed by atoms with E-state index in [9.17, 15) is 27.2 Å². The van der Waals surface area contributed by atoms with E-state index in [1.165, 1.54) is 12.1 Å². The average Bonchev–Trinajstić information content (AvgIpc) is 2.54. The first-order chi connectivity index (χ1) is 11.3. The van der Waals surface area contributed by atoms with Crippen LogP contribution in [0.2, 0.25) is 0 Å². The largest absolute Gasteiger partial charge is 0.471 e. The standard InChI is InChI=1S/C16H18F4N2O2/c17-13-3-1-11(2-4-13)9-14(23)22-7-5-12(6-8-22)10-21-15(24)16(18,19)20/h1-4,12H,5-10H2,(H,21,24). The third-order valence-corrected chi connectivity index (χ3v) is 4.04. The molecule has 0 bridgehead atoms. The molecule has 1 saturated heterocycles. The number of hydrogen-bond donors (Lipinski definition) is 1. The molecule has 1 fully saturated rings. The zero-order valence-corrected chi connectivity index (χ0v) is 12.9. The minimum absolute atomic E-state index is 0.0433. The van der Waals surface area contributed by atoms with Crippen LogP contribution in [0.1, 0.15) is 18.4 Å². The summed E-state index contributed by atoms with van der Waals surface area (Å²) < 4.78 is 49.2. The third-order valence-electron chi connectivity index (χ3n) is 4.04. The molecular weight excluding hydrogens is 328 g/mol. The Balaban J connectivity index is 1.75. The lowest BCUT2D eigenvalue weighted by molar-refractivity contribution is -0.173. The fourth-order valence-corrected chi connectivity index (χ4v) is 2.61. The Labute approximate surface area is 136 Å². The van der Waals surface area contributed by atoms with Gasteiger partial charge in [0, 0.05) is 19.6 Å². The second kappa shape index (κ2) is 7.63. The monoisotopic (exact) mass is 346 g/mol. The van der Waals surface area contributed by atoms with E-state index >= 15 is 0 Å². The minimum atomic E-state index is -4.87. The van der Waals surface area contributed by atoms with Crippen LogP contribution in [0.5, 0.6) is 0 Å². The van der Waals surface area contributed by atoms with Gasteiger partial charge in [-0.15, -0.1) is 0 Å². The molecule has 1 aromatic rings. The normalized spacial score (nSPS) is 16.1. The summed E-state index contributed by atoms with van der Waals surface area (Å²) in [5.41, 5.74) is 0.709. The summed E-state index contributed by atoms with van der Waals surface area (Å²) in [6.07, 6.45) is -3.64. The maximum atomic E-state index is 12.8. The van der Waals surface area contributed by atoms with E-state index in [2.05, 4.69) is 0 Å². The van der Waals surface area contributed by atoms with Crippen LogP contribution in [0.3, 0.4) is 0 Å². The highest BCUT2D eigenvalue weighted by Gasteiger charge is 2.38. The average molecular weight is 346 g/mol. The Morgan fingerprint density at radius 3 is 2.25 bits per heavy atom. The number of halogens is 4. The highest BCUT2D eigenvalue weighted by molar-refractivity contribution is 5.81. The number of alkyl halides is 3. The van der Waals surface area contributed by atoms with Crippen LogP contribution >= 0.6 is 0 Å². The van der Waals surface area contributed by atoms with Gasteiger partial charge in [-0.2, -0.15) is 13.2 Å². The van der Waals surface area contributed by atoms with Gasteiger partial charge in [-0.05, 0) is 36.5 Å². The van der Waals surface area contributed by atoms with Gasteiger partial charge in [-0.3, -0.25) is 9.59 Å². The molecule has 0 saturated carbocycles. The summed E-state index contributed by atoms with van der Waals surface area (Å²) in [5.74, 6) is -2.48. The molecular formula is C16H18F4N2O2. The fourth-order valence-electron chi connectivity index (χ4n) is 2.61. The van der Waals surface area contributed by atoms with Crippen molar-refractivity contribution in [2.75, 3.05) is 19.6 Å². The first-order valence-corrected chi connectivity index (χ1v) is 7.63. The van der Waals surface area contributed by atoms with Crippen molar-refractivity contribution in [1.82, 2.24) is 10.2 Å². The third kappa shape index (κ3) is 5.21. The van der Waals surface area contributed by atoms with E-state index in [1.807, 2.05) is 5.32 Å². The first-order valence-electron chi connectivity index (χ1n) is 7.63. The van der Waals surface area contributed by atoms with E-state index < -0.39 is 12.1 Å². The van der Waals surface area contributed by atoms with E-state index in [0.29, 0.717) is 31.5 Å². The maximum Gasteiger partial charge on any atom is 0.471 e. The smallest absolute Gasteiger partial charge is 0.348 e. The molecule has 4 nitrogen and oxygen atoms in total. The van der Waals surface area contributed by atoms with Gasteiger partial charge in [0.25, 0.3) is 0 Å². The summed E-state index contributed by atoms with van der Waals surface area (Å²) in [4.78, 5) is 24.6. The Kier molecular flexibility index (Phi) is 5.80. The lowest BCUT2D eigenvalue weighted by atomic mass is 9.96. The Morgan fingerprint density at radius 1 is 1.12 bits per heavy atom. The second-order valence-electron chi connectivity index (χ2n) is 5.84. The van der Waals surface area contributed by atoms with Gasteiger partial charge < -0.3 is 10.2 Å². The zero-order valence-electron chi connectivity index (χ0n) is 12.9. The number of hydrogen-bond acceptors (Lipinski definition) is 2. The van der Waals surface area contributed by atoms with Crippen LogP contribution in [0.25, 0.3) is 0 Å². The summed E-state index contributed by atoms with van der Waals surface area (Å²) >= 11 is 0. The van der Waals surface area contributed by atoms with E-state index in [1.54, 1.807) is 17.0 Å². The number of likely N-dealkylation sites (tertiary alicyclic amines) is 1. The number of nitrogens with zero attached hydrogens (tertiary/aromatic N) is 1. The molecule has 132 valence electrons. The van der Waals surface area contributed by atoms with Crippen molar-refractivity contribution in [3.63, 3.8) is 0 Å². The van der Waals surface area contributed by atoms with E-state index in [4.69, 9.17) is 0 Å². The highest BCUT2D eigenvalue weighted by Crippen LogP contribution is 2.19. The summed E-state index contributed by atoms with van der Waals surface area (Å²) in [5, 5.41) is 1.88. The number of nitrogens with one attached hydrogen (secondary N) is 1. The number of carbonyl (C=O) groups excluding carboxylic acids is 2. The topological polar surface area (TPSA) is 49.4 Å². The van der Waals surface area contributed by atoms with Crippen molar-refractivity contribution in [3.05, 3.63) is 35.6 Å². The van der Waals surface area contributed by atoms with Crippen molar-refractivity contribution >= 4 is 11.8 Å². The number of piperidine rings is 1. The lowest BCUT2D eigenvalue weighted by Crippen LogP contribution is -2.44. The predicted octanol–water partition coefficient (Wildman–Crippen LogP) is 2.29. The minimum Gasteiger partial charge on any atom is -0.348 e. The van der Waals surface area contributed by atoms with Gasteiger partial charge >= 0.3 is 12.1 Å². The molecule has 0 aromatic heterocycles. The second-order valence-corrected chi connectivity index (χ2v) is 5.84. The van der Waals surface area contributed by atoms with Crippen molar-refractivity contribution in [2.45, 2.75) is 25.4 Å². The summed E-state index contributed by atoms with van der Waals surface area (Å²) in [7, 11) is 0. The predicted molar refractivity (Wildman–Crippen MR) is 78.5 cm³/mol. The first kappa shape index (κ1) is 18.2. The van der Waals surface area contributed by atoms with Crippen molar-refractivity contribution in [2.24, 2.45) is 5.92 Å². The fraction of sp³-hybridized carbons (Fsp3) is 0.500. The highest BCUT2D eigenvalue weighted by atomic mass is 19.4. The van der Waals surface area contributed by atoms with Crippen molar-refractivity contribution in [1.29, 1.82) is 0 Å². The van der Waals surface area contributed by atoms with Crippen LogP contribution in [-0.4, -0.2) is 42.5 Å². The number of benzene rings is 1. The van der Waals surface area contributed by atoms with Crippen molar-refractivity contribution in [3.8, 4) is 0 Å². The SMILES string of the molecule is O=C(Cc1ccc(F)cc1)N1CCC(CNC(=O)C(F)(F)F)CC1. The molecule has 0 aliphatic carbocycles. The summed E-state index contributed by atoms with van der Waals surface area (Å²) in [6.45, 7) is 0.831. The molecule has 1 aliphatic rings. The van der Waals surface area contributed by atoms with Gasteiger partial charge in [0.2, 0.25) is 5.91 Å². The molecule has 0 atom stereocenters. The van der Waals surface area contributed by atoms with Crippen LogP contribution in [0, 0.1) is 11.7 Å². The van der Waals surface area contributed by atoms with Gasteiger partial charge in [0.1, 0.15) is 5.82 Å². The van der Waals surface area contributed by atoms with Crippen LogP contribution in [0.4, 0.5) is 17.6 Å². The van der Waals surface area contributed by atoms with Gasteiger partial charge in [-0.1, -0.05) is 12.1 Å². The lowest BCUT2D eigenvalue weighted by Gasteiger charge is -2.32. The molecule has 1 heterocycles. The molecule has 0 spiro atoms. The van der Waals surface area contributed by atoms with Gasteiger partial charge in [0.05, 0.1) is 6.42 Å². The van der Waals surface area contributed by atoms with E-state index in [-0.39, 0.29) is 30.6 Å². The maximum absolute atomic E-state index is 12.8. The van der Waals surface area contributed by atoms with Gasteiger partial charge in [-0.25, -0.2) is 4.39 Å². The molecule has 1 aliphatic heterocycles. The van der Waals surface area contributed by atoms with Gasteiger partial charge in [0.15, 0.2) is 0 Å². The Bertz CT molecular complexity index is 579. The molecule has 1 aromatic carbocycles. The molecule has 1 N–H and O–H groups in total. The van der Waals surface area contributed by atoms with Crippen LogP contribution < -0.4 is 5.32 Å². The Morgan fingerprint density at radius 2 is 1.71 bits per heavy atom. The molecule has 2 amide bonds. The van der Waals surface area contributed by atoms with Crippen LogP contribution in [0.15, 0.2) is 24.3 Å². The zero-order chi connectivity index (χ0) is 17.7. The van der Waals surface area contributed by atoms with E-state index in [0.717, 1.165) is 0 Å². The molecule has 2 rings (SSSR count). The molecule has 0 unspecified atom stereocenters. The molecule has 0 radical (unpaired) electrons. The number of carbonyl (C=O) groups is 2.